The molecule has 0 bridgehead atoms. The van der Waals surface area contributed by atoms with E-state index in [1.807, 2.05) is 23.5 Å². The van der Waals surface area contributed by atoms with Gasteiger partial charge in [-0.1, -0.05) is 168 Å². The first-order valence-electron chi connectivity index (χ1n) is 20.8. The molecule has 4 aliphatic rings. The molecule has 4 aliphatic heterocycles. The Kier molecular flexibility index (Phi) is 6.23. The van der Waals surface area contributed by atoms with E-state index in [4.69, 9.17) is 0 Å². The topological polar surface area (TPSA) is 9.86 Å². The van der Waals surface area contributed by atoms with Gasteiger partial charge < -0.3 is 9.13 Å². The van der Waals surface area contributed by atoms with Gasteiger partial charge >= 0.3 is 0 Å². The van der Waals surface area contributed by atoms with Crippen LogP contribution in [0.25, 0.3) is 77.2 Å². The molecule has 0 aliphatic carbocycles. The Morgan fingerprint density at radius 1 is 0.317 bits per heavy atom. The zero-order valence-electron chi connectivity index (χ0n) is 32.2. The molecule has 6 heterocycles. The molecule has 0 unspecified atom stereocenters. The lowest BCUT2D eigenvalue weighted by molar-refractivity contribution is 1.16. The van der Waals surface area contributed by atoms with Crippen molar-refractivity contribution in [1.82, 2.24) is 9.13 Å². The van der Waals surface area contributed by atoms with Crippen molar-refractivity contribution in [3.05, 3.63) is 182 Å². The van der Waals surface area contributed by atoms with Crippen LogP contribution >= 0.6 is 23.5 Å². The molecule has 0 saturated heterocycles. The van der Waals surface area contributed by atoms with Crippen LogP contribution in [0.1, 0.15) is 0 Å². The SMILES string of the molecule is c1ccc(-c2ccc3c(c2)Sc2cccc4c2B3c2cccc3c5cc6c7cccc8c7n(c6cc5n-4c23)-c2cccc3c2B8c2ccc(-c4ccccc4)cc2S3)cc1. The molecule has 6 heteroatoms. The van der Waals surface area contributed by atoms with Crippen LogP contribution in [0.5, 0.6) is 0 Å². The predicted octanol–water partition coefficient (Wildman–Crippen LogP) is 9.80. The third-order valence-electron chi connectivity index (χ3n) is 13.8. The summed E-state index contributed by atoms with van der Waals surface area (Å²) in [5.41, 5.74) is 21.3. The van der Waals surface area contributed by atoms with Crippen LogP contribution in [0.4, 0.5) is 0 Å². The van der Waals surface area contributed by atoms with Gasteiger partial charge in [0.25, 0.3) is 0 Å². The van der Waals surface area contributed by atoms with E-state index in [9.17, 15) is 0 Å². The minimum Gasteiger partial charge on any atom is -0.310 e. The van der Waals surface area contributed by atoms with Gasteiger partial charge in [-0.05, 0) is 92.6 Å². The standard InChI is InChI=1S/C54H30B2N2S2/c1-3-11-31(12-4-1)33-23-25-39-49(27-33)59-47-21-9-19-43-51(47)55(39)41-17-7-15-35-37-29-38-36-16-8-18-42-54(36)58(46(38)30-45(37)57(43)53(35)41)44-20-10-22-48-52(44)56(42)40-26-24-34(28-50(40)60-48)32-13-5-2-6-14-32/h1-30H. The smallest absolute Gasteiger partial charge is 0.249 e. The summed E-state index contributed by atoms with van der Waals surface area (Å²) in [6, 6.07) is 68.9. The highest BCUT2D eigenvalue weighted by molar-refractivity contribution is 8.00. The Morgan fingerprint density at radius 3 is 1.27 bits per heavy atom. The molecule has 0 radical (unpaired) electrons. The summed E-state index contributed by atoms with van der Waals surface area (Å²) < 4.78 is 5.21. The molecular formula is C54H30B2N2S2. The summed E-state index contributed by atoms with van der Waals surface area (Å²) in [6.07, 6.45) is 0. The van der Waals surface area contributed by atoms with Crippen molar-refractivity contribution in [2.45, 2.75) is 19.6 Å². The van der Waals surface area contributed by atoms with E-state index in [1.165, 1.54) is 130 Å². The second-order valence-corrected chi connectivity index (χ2v) is 18.9. The molecule has 0 N–H and O–H groups in total. The summed E-state index contributed by atoms with van der Waals surface area (Å²) in [4.78, 5) is 5.41. The molecule has 0 spiro atoms. The largest absolute Gasteiger partial charge is 0.310 e. The molecule has 0 atom stereocenters. The highest BCUT2D eigenvalue weighted by Crippen LogP contribution is 2.44. The van der Waals surface area contributed by atoms with E-state index in [0.717, 1.165) is 0 Å². The Bertz CT molecular complexity index is 3490. The molecule has 2 nitrogen and oxygen atoms in total. The lowest BCUT2D eigenvalue weighted by Gasteiger charge is -2.33. The fourth-order valence-electron chi connectivity index (χ4n) is 11.4. The average molecular weight is 793 g/mol. The van der Waals surface area contributed by atoms with E-state index in [1.54, 1.807) is 0 Å². The van der Waals surface area contributed by atoms with Crippen molar-refractivity contribution in [2.24, 2.45) is 0 Å². The third-order valence-corrected chi connectivity index (χ3v) is 16.1. The van der Waals surface area contributed by atoms with Gasteiger partial charge in [-0.25, -0.2) is 0 Å². The minimum absolute atomic E-state index is 0.173. The van der Waals surface area contributed by atoms with E-state index < -0.39 is 0 Å². The van der Waals surface area contributed by atoms with Gasteiger partial charge in [0.1, 0.15) is 0 Å². The maximum absolute atomic E-state index is 2.60. The van der Waals surface area contributed by atoms with Crippen molar-refractivity contribution >= 4 is 113 Å². The Labute approximate surface area is 355 Å². The number of aromatic nitrogens is 2. The van der Waals surface area contributed by atoms with Gasteiger partial charge in [-0.15, -0.1) is 0 Å². The molecule has 0 saturated carbocycles. The van der Waals surface area contributed by atoms with Gasteiger partial charge in [0.15, 0.2) is 0 Å². The van der Waals surface area contributed by atoms with Crippen molar-refractivity contribution in [3.63, 3.8) is 0 Å². The zero-order valence-corrected chi connectivity index (χ0v) is 33.8. The molecule has 0 fully saturated rings. The summed E-state index contributed by atoms with van der Waals surface area (Å²) >= 11 is 3.86. The number of fused-ring (bicyclic) bond motifs is 14. The van der Waals surface area contributed by atoms with Gasteiger partial charge in [-0.3, -0.25) is 0 Å². The number of para-hydroxylation sites is 2. The highest BCUT2D eigenvalue weighted by atomic mass is 32.2. The second-order valence-electron chi connectivity index (χ2n) is 16.7. The lowest BCUT2D eigenvalue weighted by Crippen LogP contribution is -2.58. The molecule has 11 aromatic rings. The van der Waals surface area contributed by atoms with E-state index >= 15 is 0 Å². The van der Waals surface area contributed by atoms with Crippen LogP contribution in [-0.2, 0) is 0 Å². The Balaban J connectivity index is 0.981. The van der Waals surface area contributed by atoms with Crippen LogP contribution in [-0.4, -0.2) is 22.6 Å². The van der Waals surface area contributed by atoms with Gasteiger partial charge in [0.05, 0.1) is 11.0 Å². The quantitative estimate of drug-likeness (QED) is 0.162. The number of hydrogen-bond acceptors (Lipinski definition) is 2. The first kappa shape index (κ1) is 32.3. The van der Waals surface area contributed by atoms with E-state index in [-0.39, 0.29) is 13.4 Å². The Morgan fingerprint density at radius 2 is 0.783 bits per heavy atom. The third kappa shape index (κ3) is 4.06. The average Bonchev–Trinajstić information content (AvgIpc) is 3.81. The van der Waals surface area contributed by atoms with Crippen LogP contribution in [0.2, 0.25) is 0 Å². The molecule has 15 rings (SSSR count). The number of benzene rings is 9. The Hall–Kier alpha value is -6.59. The van der Waals surface area contributed by atoms with Crippen LogP contribution in [0.15, 0.2) is 202 Å². The highest BCUT2D eigenvalue weighted by Gasteiger charge is 2.41. The van der Waals surface area contributed by atoms with Gasteiger partial charge in [0.2, 0.25) is 13.4 Å². The van der Waals surface area contributed by atoms with Crippen molar-refractivity contribution < 1.29 is 0 Å². The van der Waals surface area contributed by atoms with E-state index in [0.29, 0.717) is 0 Å². The summed E-state index contributed by atoms with van der Waals surface area (Å²) in [6.45, 7) is 0.346. The van der Waals surface area contributed by atoms with E-state index in [2.05, 4.69) is 191 Å². The fraction of sp³-hybridized carbons (Fsp3) is 0. The number of hydrogen-bond donors (Lipinski definition) is 0. The van der Waals surface area contributed by atoms with Crippen LogP contribution in [0.3, 0.4) is 0 Å². The normalized spacial score (nSPS) is 13.8. The molecule has 2 aromatic heterocycles. The minimum atomic E-state index is 0.173. The fourth-order valence-corrected chi connectivity index (χ4v) is 13.8. The molecular weight excluding hydrogens is 762 g/mol. The maximum atomic E-state index is 2.60. The molecule has 0 amide bonds. The van der Waals surface area contributed by atoms with Crippen LogP contribution in [0, 0.1) is 0 Å². The molecule has 9 aromatic carbocycles. The summed E-state index contributed by atoms with van der Waals surface area (Å²) in [5, 5.41) is 5.28. The predicted molar refractivity (Wildman–Crippen MR) is 256 cm³/mol. The van der Waals surface area contributed by atoms with Crippen molar-refractivity contribution in [3.8, 4) is 33.6 Å². The van der Waals surface area contributed by atoms with Crippen molar-refractivity contribution in [2.75, 3.05) is 0 Å². The van der Waals surface area contributed by atoms with Gasteiger partial charge in [0, 0.05) is 63.5 Å². The number of rotatable bonds is 2. The monoisotopic (exact) mass is 792 g/mol. The first-order valence-corrected chi connectivity index (χ1v) is 22.5. The molecule has 60 heavy (non-hydrogen) atoms. The number of nitrogens with zero attached hydrogens (tertiary/aromatic N) is 2. The second kappa shape index (κ2) is 11.6. The van der Waals surface area contributed by atoms with Gasteiger partial charge in [-0.2, -0.15) is 0 Å². The zero-order chi connectivity index (χ0) is 38.8. The van der Waals surface area contributed by atoms with Crippen LogP contribution < -0.4 is 32.8 Å². The molecule has 274 valence electrons. The lowest BCUT2D eigenvalue weighted by atomic mass is 9.35. The van der Waals surface area contributed by atoms with Crippen molar-refractivity contribution in [1.29, 1.82) is 0 Å². The summed E-state index contributed by atoms with van der Waals surface area (Å²) in [5.74, 6) is 0. The summed E-state index contributed by atoms with van der Waals surface area (Å²) in [7, 11) is 0. The maximum Gasteiger partial charge on any atom is 0.249 e. The first-order chi connectivity index (χ1) is 29.8.